The van der Waals surface area contributed by atoms with Gasteiger partial charge in [-0.05, 0) is 37.0 Å². The van der Waals surface area contributed by atoms with Crippen molar-refractivity contribution in [3.8, 4) is 0 Å². The first kappa shape index (κ1) is 13.9. The topological polar surface area (TPSA) is 78.4 Å². The summed E-state index contributed by atoms with van der Waals surface area (Å²) in [6.45, 7) is 0. The van der Waals surface area contributed by atoms with Crippen LogP contribution in [-0.4, -0.2) is 23.1 Å². The van der Waals surface area contributed by atoms with E-state index in [1.807, 2.05) is 12.1 Å². The number of benzene rings is 1. The molecule has 0 aliphatic heterocycles. The lowest BCUT2D eigenvalue weighted by molar-refractivity contribution is -0.137. The summed E-state index contributed by atoms with van der Waals surface area (Å²) in [7, 11) is 0. The van der Waals surface area contributed by atoms with Gasteiger partial charge in [-0.3, -0.25) is 4.79 Å². The second-order valence-electron chi connectivity index (χ2n) is 4.65. The molecule has 1 atom stereocenters. The molecule has 0 saturated heterocycles. The number of anilines is 1. The summed E-state index contributed by atoms with van der Waals surface area (Å²) in [6.07, 6.45) is 1.93. The van der Waals surface area contributed by atoms with Gasteiger partial charge in [0.05, 0.1) is 6.42 Å². The highest BCUT2D eigenvalue weighted by Gasteiger charge is 2.33. The zero-order chi connectivity index (χ0) is 13.8. The summed E-state index contributed by atoms with van der Waals surface area (Å²) in [4.78, 5) is 22.6. The van der Waals surface area contributed by atoms with Gasteiger partial charge in [0.15, 0.2) is 0 Å². The minimum Gasteiger partial charge on any atom is -0.481 e. The molecule has 2 rings (SSSR count). The van der Waals surface area contributed by atoms with Crippen LogP contribution in [0, 0.1) is 5.92 Å². The molecule has 3 N–H and O–H groups in total. The van der Waals surface area contributed by atoms with E-state index in [-0.39, 0.29) is 18.5 Å². The smallest absolute Gasteiger partial charge is 0.319 e. The van der Waals surface area contributed by atoms with Crippen molar-refractivity contribution in [1.29, 1.82) is 0 Å². The maximum Gasteiger partial charge on any atom is 0.319 e. The Morgan fingerprint density at radius 2 is 2.16 bits per heavy atom. The lowest BCUT2D eigenvalue weighted by atomic mass is 10.1. The van der Waals surface area contributed by atoms with Crippen molar-refractivity contribution in [3.63, 3.8) is 0 Å². The first-order chi connectivity index (χ1) is 9.04. The highest BCUT2D eigenvalue weighted by Crippen LogP contribution is 2.34. The molecule has 0 aromatic heterocycles. The zero-order valence-electron chi connectivity index (χ0n) is 10.2. The summed E-state index contributed by atoms with van der Waals surface area (Å²) in [5, 5.41) is 14.2. The first-order valence-corrected chi connectivity index (χ1v) is 6.89. The molecule has 1 saturated carbocycles. The van der Waals surface area contributed by atoms with Gasteiger partial charge >= 0.3 is 12.0 Å². The van der Waals surface area contributed by atoms with E-state index in [9.17, 15) is 9.59 Å². The molecule has 1 fully saturated rings. The molecular weight excluding hydrogens is 312 g/mol. The number of halogens is 1. The number of amides is 2. The van der Waals surface area contributed by atoms with E-state index in [0.29, 0.717) is 11.6 Å². The molecule has 19 heavy (non-hydrogen) atoms. The number of carbonyl (C=O) groups is 2. The van der Waals surface area contributed by atoms with Crippen LogP contribution in [0.15, 0.2) is 28.7 Å². The monoisotopic (exact) mass is 326 g/mol. The van der Waals surface area contributed by atoms with E-state index in [4.69, 9.17) is 5.11 Å². The number of rotatable bonds is 5. The van der Waals surface area contributed by atoms with Gasteiger partial charge in [0.25, 0.3) is 0 Å². The molecule has 0 heterocycles. The maximum atomic E-state index is 11.8. The van der Waals surface area contributed by atoms with Crippen molar-refractivity contribution in [2.24, 2.45) is 5.92 Å². The number of carboxylic acid groups (broad SMARTS) is 1. The molecule has 5 nitrogen and oxygen atoms in total. The first-order valence-electron chi connectivity index (χ1n) is 6.09. The summed E-state index contributed by atoms with van der Waals surface area (Å²) < 4.78 is 0.870. The van der Waals surface area contributed by atoms with Crippen molar-refractivity contribution in [2.45, 2.75) is 25.3 Å². The molecule has 0 spiro atoms. The lowest BCUT2D eigenvalue weighted by Gasteiger charge is -2.16. The molecule has 1 aliphatic rings. The molecule has 1 aliphatic carbocycles. The Morgan fingerprint density at radius 3 is 2.74 bits per heavy atom. The number of carboxylic acids is 1. The Hall–Kier alpha value is -1.56. The molecule has 0 radical (unpaired) electrons. The number of nitrogens with one attached hydrogen (secondary N) is 2. The minimum absolute atomic E-state index is 0.0312. The molecule has 1 unspecified atom stereocenters. The third-order valence-corrected chi connectivity index (χ3v) is 3.48. The van der Waals surface area contributed by atoms with E-state index in [2.05, 4.69) is 26.6 Å². The molecule has 6 heteroatoms. The fraction of sp³-hybridized carbons (Fsp3) is 0.385. The largest absolute Gasteiger partial charge is 0.481 e. The van der Waals surface area contributed by atoms with Crippen LogP contribution in [0.5, 0.6) is 0 Å². The summed E-state index contributed by atoms with van der Waals surface area (Å²) in [6, 6.07) is 6.58. The van der Waals surface area contributed by atoms with E-state index < -0.39 is 5.97 Å². The van der Waals surface area contributed by atoms with Crippen molar-refractivity contribution < 1.29 is 14.7 Å². The van der Waals surface area contributed by atoms with E-state index in [1.54, 1.807) is 12.1 Å². The summed E-state index contributed by atoms with van der Waals surface area (Å²) in [5.41, 5.74) is 0.664. The Kier molecular flexibility index (Phi) is 4.42. The number of hydrogen-bond acceptors (Lipinski definition) is 2. The van der Waals surface area contributed by atoms with Crippen molar-refractivity contribution >= 4 is 33.6 Å². The van der Waals surface area contributed by atoms with Crippen LogP contribution in [0.2, 0.25) is 0 Å². The highest BCUT2D eigenvalue weighted by atomic mass is 79.9. The number of aliphatic carboxylic acids is 1. The summed E-state index contributed by atoms with van der Waals surface area (Å²) in [5.74, 6) is -0.594. The third kappa shape index (κ3) is 4.55. The fourth-order valence-electron chi connectivity index (χ4n) is 1.92. The number of urea groups is 1. The molecule has 1 aromatic rings. The number of hydrogen-bond donors (Lipinski definition) is 3. The lowest BCUT2D eigenvalue weighted by Crippen LogP contribution is -2.40. The molecule has 2 amide bonds. The maximum absolute atomic E-state index is 11.8. The number of carbonyl (C=O) groups excluding carboxylic acids is 1. The minimum atomic E-state index is -0.889. The average molecular weight is 327 g/mol. The van der Waals surface area contributed by atoms with Crippen molar-refractivity contribution in [3.05, 3.63) is 28.7 Å². The van der Waals surface area contributed by atoms with Crippen LogP contribution >= 0.6 is 15.9 Å². The third-order valence-electron chi connectivity index (χ3n) is 2.98. The molecule has 0 bridgehead atoms. The van der Waals surface area contributed by atoms with Crippen molar-refractivity contribution in [1.82, 2.24) is 5.32 Å². The second-order valence-corrected chi connectivity index (χ2v) is 5.57. The zero-order valence-corrected chi connectivity index (χ0v) is 11.8. The van der Waals surface area contributed by atoms with Gasteiger partial charge < -0.3 is 15.7 Å². The Morgan fingerprint density at radius 1 is 1.42 bits per heavy atom. The van der Waals surface area contributed by atoms with Gasteiger partial charge in [-0.2, -0.15) is 0 Å². The Balaban J connectivity index is 1.90. The second kappa shape index (κ2) is 6.06. The van der Waals surface area contributed by atoms with Crippen molar-refractivity contribution in [2.75, 3.05) is 5.32 Å². The quantitative estimate of drug-likeness (QED) is 0.778. The SMILES string of the molecule is O=C(O)CC(NC(=O)Nc1cccc(Br)c1)C1CC1. The Labute approximate surface area is 119 Å². The van der Waals surface area contributed by atoms with Crippen LogP contribution < -0.4 is 10.6 Å². The van der Waals surface area contributed by atoms with Gasteiger partial charge in [0.2, 0.25) is 0 Å². The fourth-order valence-corrected chi connectivity index (χ4v) is 2.32. The van der Waals surface area contributed by atoms with Crippen LogP contribution in [-0.2, 0) is 4.79 Å². The van der Waals surface area contributed by atoms with E-state index in [0.717, 1.165) is 17.3 Å². The van der Waals surface area contributed by atoms with Gasteiger partial charge in [0, 0.05) is 16.2 Å². The predicted octanol–water partition coefficient (Wildman–Crippen LogP) is 2.82. The normalized spacial score (nSPS) is 15.6. The predicted molar refractivity (Wildman–Crippen MR) is 75.1 cm³/mol. The van der Waals surface area contributed by atoms with Gasteiger partial charge in [-0.25, -0.2) is 4.79 Å². The Bertz CT molecular complexity index is 489. The van der Waals surface area contributed by atoms with Crippen LogP contribution in [0.3, 0.4) is 0 Å². The van der Waals surface area contributed by atoms with Gasteiger partial charge in [0.1, 0.15) is 0 Å². The highest BCUT2D eigenvalue weighted by molar-refractivity contribution is 9.10. The average Bonchev–Trinajstić information content (AvgIpc) is 3.10. The van der Waals surface area contributed by atoms with Crippen LogP contribution in [0.4, 0.5) is 10.5 Å². The van der Waals surface area contributed by atoms with E-state index in [1.165, 1.54) is 0 Å². The van der Waals surface area contributed by atoms with Gasteiger partial charge in [-0.1, -0.05) is 22.0 Å². The van der Waals surface area contributed by atoms with Crippen LogP contribution in [0.25, 0.3) is 0 Å². The molecule has 102 valence electrons. The van der Waals surface area contributed by atoms with Gasteiger partial charge in [-0.15, -0.1) is 0 Å². The van der Waals surface area contributed by atoms with Crippen LogP contribution in [0.1, 0.15) is 19.3 Å². The summed E-state index contributed by atoms with van der Waals surface area (Å²) >= 11 is 3.32. The molecule has 1 aromatic carbocycles. The standard InChI is InChI=1S/C13H15BrN2O3/c14-9-2-1-3-10(6-9)15-13(19)16-11(7-12(17)18)8-4-5-8/h1-3,6,8,11H,4-5,7H2,(H,17,18)(H2,15,16,19). The molecular formula is C13H15BrN2O3. The van der Waals surface area contributed by atoms with E-state index >= 15 is 0 Å².